The van der Waals surface area contributed by atoms with Crippen molar-refractivity contribution in [3.8, 4) is 28.4 Å². The topological polar surface area (TPSA) is 55.8 Å². The van der Waals surface area contributed by atoms with Crippen molar-refractivity contribution < 1.29 is 19.4 Å². The van der Waals surface area contributed by atoms with Gasteiger partial charge in [0, 0.05) is 0 Å². The van der Waals surface area contributed by atoms with Crippen LogP contribution < -0.4 is 9.47 Å². The van der Waals surface area contributed by atoms with Crippen LogP contribution in [0.3, 0.4) is 0 Å². The van der Waals surface area contributed by atoms with Crippen molar-refractivity contribution in [3.63, 3.8) is 0 Å². The molecule has 0 bridgehead atoms. The van der Waals surface area contributed by atoms with Crippen LogP contribution >= 0.6 is 0 Å². The average Bonchev–Trinajstić information content (AvgIpc) is 2.80. The van der Waals surface area contributed by atoms with Crippen LogP contribution in [0, 0.1) is 0 Å². The Labute approximate surface area is 184 Å². The number of para-hydroxylation sites is 2. The molecule has 4 nitrogen and oxygen atoms in total. The molecule has 0 atom stereocenters. The molecule has 31 heavy (non-hydrogen) atoms. The molecular formula is C27H30O4. The lowest BCUT2D eigenvalue weighted by Gasteiger charge is -2.12. The molecule has 0 aromatic heterocycles. The summed E-state index contributed by atoms with van der Waals surface area (Å²) in [5.74, 6) is 0.820. The summed E-state index contributed by atoms with van der Waals surface area (Å²) >= 11 is 0. The SMILES string of the molecule is CCCCCCCCOc1ccccc1OC(=O)c1ccc(-c2ccc(O)cc2)cc1. The predicted molar refractivity (Wildman–Crippen MR) is 124 cm³/mol. The van der Waals surface area contributed by atoms with E-state index in [1.807, 2.05) is 42.5 Å². The van der Waals surface area contributed by atoms with E-state index in [4.69, 9.17) is 9.47 Å². The number of esters is 1. The molecule has 1 N–H and O–H groups in total. The molecule has 0 saturated carbocycles. The lowest BCUT2D eigenvalue weighted by atomic mass is 10.0. The largest absolute Gasteiger partial charge is 0.508 e. The Morgan fingerprint density at radius 3 is 2.00 bits per heavy atom. The summed E-state index contributed by atoms with van der Waals surface area (Å²) in [6.45, 7) is 2.83. The second-order valence-corrected chi connectivity index (χ2v) is 7.58. The number of benzene rings is 3. The molecule has 0 saturated heterocycles. The van der Waals surface area contributed by atoms with E-state index in [-0.39, 0.29) is 5.75 Å². The van der Waals surface area contributed by atoms with Gasteiger partial charge in [0.05, 0.1) is 12.2 Å². The molecule has 0 aliphatic heterocycles. The van der Waals surface area contributed by atoms with Crippen LogP contribution in [0.2, 0.25) is 0 Å². The quantitative estimate of drug-likeness (QED) is 0.207. The molecule has 0 heterocycles. The third kappa shape index (κ3) is 6.88. The Balaban J connectivity index is 1.56. The first-order valence-electron chi connectivity index (χ1n) is 11.0. The summed E-state index contributed by atoms with van der Waals surface area (Å²) in [6.07, 6.45) is 7.18. The summed E-state index contributed by atoms with van der Waals surface area (Å²) in [7, 11) is 0. The number of rotatable bonds is 11. The van der Waals surface area contributed by atoms with E-state index in [0.29, 0.717) is 23.7 Å². The Morgan fingerprint density at radius 2 is 1.32 bits per heavy atom. The van der Waals surface area contributed by atoms with E-state index in [0.717, 1.165) is 24.0 Å². The monoisotopic (exact) mass is 418 g/mol. The number of carbonyl (C=O) groups is 1. The van der Waals surface area contributed by atoms with Gasteiger partial charge in [-0.1, -0.05) is 75.4 Å². The van der Waals surface area contributed by atoms with Gasteiger partial charge >= 0.3 is 5.97 Å². The maximum atomic E-state index is 12.6. The summed E-state index contributed by atoms with van der Waals surface area (Å²) < 4.78 is 11.5. The molecule has 0 fully saturated rings. The number of ether oxygens (including phenoxy) is 2. The molecule has 0 amide bonds. The van der Waals surface area contributed by atoms with Gasteiger partial charge in [0.2, 0.25) is 0 Å². The van der Waals surface area contributed by atoms with Crippen LogP contribution in [0.15, 0.2) is 72.8 Å². The highest BCUT2D eigenvalue weighted by Gasteiger charge is 2.12. The van der Waals surface area contributed by atoms with Crippen LogP contribution in [-0.2, 0) is 0 Å². The second-order valence-electron chi connectivity index (χ2n) is 7.58. The Kier molecular flexibility index (Phi) is 8.53. The molecule has 3 rings (SSSR count). The van der Waals surface area contributed by atoms with Gasteiger partial charge in [-0.2, -0.15) is 0 Å². The van der Waals surface area contributed by atoms with Crippen LogP contribution in [0.5, 0.6) is 17.2 Å². The van der Waals surface area contributed by atoms with Gasteiger partial charge in [-0.05, 0) is 53.9 Å². The van der Waals surface area contributed by atoms with Crippen molar-refractivity contribution in [3.05, 3.63) is 78.4 Å². The lowest BCUT2D eigenvalue weighted by Crippen LogP contribution is -2.09. The highest BCUT2D eigenvalue weighted by molar-refractivity contribution is 5.92. The minimum Gasteiger partial charge on any atom is -0.508 e. The summed E-state index contributed by atoms with van der Waals surface area (Å²) in [5, 5.41) is 9.42. The number of carbonyl (C=O) groups excluding carboxylic acids is 1. The maximum absolute atomic E-state index is 12.6. The van der Waals surface area contributed by atoms with Crippen LogP contribution in [0.1, 0.15) is 55.8 Å². The zero-order valence-electron chi connectivity index (χ0n) is 18.0. The first kappa shape index (κ1) is 22.4. The van der Waals surface area contributed by atoms with E-state index in [1.54, 1.807) is 30.3 Å². The lowest BCUT2D eigenvalue weighted by molar-refractivity contribution is 0.0728. The van der Waals surface area contributed by atoms with E-state index >= 15 is 0 Å². The molecule has 162 valence electrons. The fourth-order valence-electron chi connectivity index (χ4n) is 3.33. The zero-order chi connectivity index (χ0) is 21.9. The number of hydrogen-bond donors (Lipinski definition) is 1. The normalized spacial score (nSPS) is 10.6. The zero-order valence-corrected chi connectivity index (χ0v) is 18.0. The van der Waals surface area contributed by atoms with Crippen molar-refractivity contribution >= 4 is 5.97 Å². The Hall–Kier alpha value is -3.27. The van der Waals surface area contributed by atoms with Gasteiger partial charge in [0.25, 0.3) is 0 Å². The smallest absolute Gasteiger partial charge is 0.343 e. The second kappa shape index (κ2) is 11.8. The molecule has 0 aliphatic rings. The summed E-state index contributed by atoms with van der Waals surface area (Å²) in [5.41, 5.74) is 2.39. The first-order chi connectivity index (χ1) is 15.2. The van der Waals surface area contributed by atoms with Crippen molar-refractivity contribution in [2.45, 2.75) is 45.4 Å². The molecule has 3 aromatic carbocycles. The third-order valence-corrected chi connectivity index (χ3v) is 5.13. The predicted octanol–water partition coefficient (Wildman–Crippen LogP) is 7.02. The van der Waals surface area contributed by atoms with Gasteiger partial charge in [-0.25, -0.2) is 4.79 Å². The van der Waals surface area contributed by atoms with E-state index in [1.165, 1.54) is 25.7 Å². The molecule has 0 spiro atoms. The van der Waals surface area contributed by atoms with E-state index in [9.17, 15) is 9.90 Å². The van der Waals surface area contributed by atoms with Crippen LogP contribution in [-0.4, -0.2) is 17.7 Å². The number of hydrogen-bond acceptors (Lipinski definition) is 4. The van der Waals surface area contributed by atoms with Crippen molar-refractivity contribution in [1.29, 1.82) is 0 Å². The van der Waals surface area contributed by atoms with Gasteiger partial charge in [0.1, 0.15) is 5.75 Å². The number of unbranched alkanes of at least 4 members (excludes halogenated alkanes) is 5. The summed E-state index contributed by atoms with van der Waals surface area (Å²) in [6, 6.07) is 21.4. The van der Waals surface area contributed by atoms with E-state index < -0.39 is 5.97 Å². The molecule has 0 aliphatic carbocycles. The summed E-state index contributed by atoms with van der Waals surface area (Å²) in [4.78, 5) is 12.6. The van der Waals surface area contributed by atoms with Gasteiger partial charge in [-0.15, -0.1) is 0 Å². The minimum atomic E-state index is -0.423. The number of aromatic hydroxyl groups is 1. The Bertz CT molecular complexity index is 946. The van der Waals surface area contributed by atoms with Crippen molar-refractivity contribution in [2.24, 2.45) is 0 Å². The van der Waals surface area contributed by atoms with E-state index in [2.05, 4.69) is 6.92 Å². The Morgan fingerprint density at radius 1 is 0.742 bits per heavy atom. The third-order valence-electron chi connectivity index (χ3n) is 5.13. The van der Waals surface area contributed by atoms with Crippen molar-refractivity contribution in [2.75, 3.05) is 6.61 Å². The van der Waals surface area contributed by atoms with Gasteiger partial charge < -0.3 is 14.6 Å². The minimum absolute atomic E-state index is 0.223. The standard InChI is InChI=1S/C27H30O4/c1-2-3-4-5-6-9-20-30-25-10-7-8-11-26(25)31-27(29)23-14-12-21(13-15-23)22-16-18-24(28)19-17-22/h7-8,10-19,28H,2-6,9,20H2,1H3. The van der Waals surface area contributed by atoms with Crippen LogP contribution in [0.25, 0.3) is 11.1 Å². The maximum Gasteiger partial charge on any atom is 0.343 e. The van der Waals surface area contributed by atoms with Gasteiger partial charge in [0.15, 0.2) is 11.5 Å². The highest BCUT2D eigenvalue weighted by Crippen LogP contribution is 2.28. The number of phenolic OH excluding ortho intramolecular Hbond substituents is 1. The van der Waals surface area contributed by atoms with Crippen molar-refractivity contribution in [1.82, 2.24) is 0 Å². The number of phenols is 1. The molecule has 4 heteroatoms. The molecule has 3 aromatic rings. The molecule has 0 radical (unpaired) electrons. The first-order valence-corrected chi connectivity index (χ1v) is 11.0. The molecular weight excluding hydrogens is 388 g/mol. The molecule has 0 unspecified atom stereocenters. The fraction of sp³-hybridized carbons (Fsp3) is 0.296. The van der Waals surface area contributed by atoms with Crippen LogP contribution in [0.4, 0.5) is 0 Å². The highest BCUT2D eigenvalue weighted by atomic mass is 16.6. The van der Waals surface area contributed by atoms with Gasteiger partial charge in [-0.3, -0.25) is 0 Å². The fourth-order valence-corrected chi connectivity index (χ4v) is 3.33. The average molecular weight is 419 g/mol.